The molecule has 0 aliphatic carbocycles. The van der Waals surface area contributed by atoms with Gasteiger partial charge in [0.05, 0.1) is 18.9 Å². The monoisotopic (exact) mass is 410 g/mol. The van der Waals surface area contributed by atoms with Gasteiger partial charge in [-0.3, -0.25) is 19.3 Å². The maximum absolute atomic E-state index is 12.4. The van der Waals surface area contributed by atoms with Crippen LogP contribution in [0.2, 0.25) is 0 Å². The molecule has 2 amide bonds. The summed E-state index contributed by atoms with van der Waals surface area (Å²) < 4.78 is 4.85. The minimum absolute atomic E-state index is 0. The van der Waals surface area contributed by atoms with Crippen molar-refractivity contribution in [3.8, 4) is 0 Å². The molecule has 0 saturated carbocycles. The van der Waals surface area contributed by atoms with Crippen LogP contribution in [0.3, 0.4) is 0 Å². The van der Waals surface area contributed by atoms with Crippen molar-refractivity contribution < 1.29 is 36.2 Å². The predicted octanol–water partition coefficient (Wildman–Crippen LogP) is 1.62. The maximum atomic E-state index is 12.4. The molecule has 144 valence electrons. The van der Waals surface area contributed by atoms with E-state index in [0.29, 0.717) is 0 Å². The number of nitrogens with one attached hydrogen (secondary N) is 1. The van der Waals surface area contributed by atoms with Gasteiger partial charge in [0.1, 0.15) is 5.54 Å². The Hall–Kier alpha value is -2.21. The molecule has 7 heteroatoms. The van der Waals surface area contributed by atoms with E-state index in [4.69, 9.17) is 4.74 Å². The van der Waals surface area contributed by atoms with E-state index < -0.39 is 23.3 Å². The molecule has 2 saturated heterocycles. The number of carbonyl (C=O) groups excluding carboxylic acids is 3. The van der Waals surface area contributed by atoms with Crippen LogP contribution in [0, 0.1) is 11.8 Å². The first-order valence-electron chi connectivity index (χ1n) is 8.47. The van der Waals surface area contributed by atoms with Gasteiger partial charge in [-0.1, -0.05) is 0 Å². The fourth-order valence-electron chi connectivity index (χ4n) is 3.89. The summed E-state index contributed by atoms with van der Waals surface area (Å²) in [6, 6.07) is 17.1. The van der Waals surface area contributed by atoms with Crippen molar-refractivity contribution in [1.29, 1.82) is 0 Å². The van der Waals surface area contributed by atoms with Gasteiger partial charge < -0.3 is 10.1 Å². The number of nitrogens with zero attached hydrogens (tertiary/aromatic N) is 1. The molecule has 2 aromatic rings. The number of hydrogen-bond acceptors (Lipinski definition) is 5. The van der Waals surface area contributed by atoms with Crippen LogP contribution < -0.4 is 5.32 Å². The Morgan fingerprint density at radius 2 is 1.78 bits per heavy atom. The summed E-state index contributed by atoms with van der Waals surface area (Å²) in [6.07, 6.45) is 0. The molecule has 4 rings (SSSR count). The van der Waals surface area contributed by atoms with Crippen LogP contribution in [0.1, 0.15) is 18.5 Å². The zero-order valence-corrected chi connectivity index (χ0v) is 16.5. The van der Waals surface area contributed by atoms with E-state index in [2.05, 4.69) is 5.32 Å². The molecule has 2 aliphatic heterocycles. The van der Waals surface area contributed by atoms with Gasteiger partial charge in [0, 0.05) is 13.1 Å². The number of fused-ring (bicyclic) bond motifs is 1. The molecule has 2 heterocycles. The Bertz CT molecular complexity index is 770. The normalized spacial score (nSPS) is 28.9. The van der Waals surface area contributed by atoms with Crippen molar-refractivity contribution in [2.24, 2.45) is 11.8 Å². The Balaban J connectivity index is 0.000000379. The summed E-state index contributed by atoms with van der Waals surface area (Å²) in [5, 5.41) is 3.16. The maximum Gasteiger partial charge on any atom is 2.00 e. The molecule has 0 radical (unpaired) electrons. The van der Waals surface area contributed by atoms with E-state index in [0.717, 1.165) is 10.5 Å². The van der Waals surface area contributed by atoms with Gasteiger partial charge in [-0.25, -0.2) is 24.3 Å². The predicted molar refractivity (Wildman–Crippen MR) is 95.1 cm³/mol. The molecule has 2 fully saturated rings. The average molecular weight is 410 g/mol. The van der Waals surface area contributed by atoms with E-state index in [1.807, 2.05) is 54.6 Å². The Labute approximate surface area is 169 Å². The second kappa shape index (κ2) is 8.21. The number of carbonyl (C=O) groups is 3. The molecule has 2 aliphatic rings. The number of esters is 1. The van der Waals surface area contributed by atoms with E-state index in [9.17, 15) is 14.4 Å². The molecular weight excluding hydrogens is 388 g/mol. The number of amides is 2. The molecule has 1 N–H and O–H groups in total. The Morgan fingerprint density at radius 3 is 2.26 bits per heavy atom. The minimum atomic E-state index is -1.20. The summed E-state index contributed by atoms with van der Waals surface area (Å²) in [7, 11) is 2.74. The average Bonchev–Trinajstić information content (AvgIpc) is 3.42. The van der Waals surface area contributed by atoms with Crippen LogP contribution in [0.25, 0.3) is 0 Å². The zero-order chi connectivity index (χ0) is 18.9. The van der Waals surface area contributed by atoms with Crippen LogP contribution >= 0.6 is 0 Å². The van der Waals surface area contributed by atoms with Crippen molar-refractivity contribution in [3.63, 3.8) is 0 Å². The van der Waals surface area contributed by atoms with Crippen LogP contribution in [0.15, 0.2) is 54.6 Å². The van der Waals surface area contributed by atoms with Gasteiger partial charge in [-0.15, -0.1) is 5.56 Å². The smallest absolute Gasteiger partial charge is 0.468 e. The number of rotatable bonds is 2. The molecule has 0 spiro atoms. The number of ether oxygens (including phenoxy) is 1. The van der Waals surface area contributed by atoms with E-state index in [1.54, 1.807) is 6.92 Å². The van der Waals surface area contributed by atoms with Crippen LogP contribution in [-0.2, 0) is 36.2 Å². The van der Waals surface area contributed by atoms with Crippen LogP contribution in [0.5, 0.6) is 0 Å². The van der Waals surface area contributed by atoms with Crippen LogP contribution in [-0.4, -0.2) is 42.4 Å². The van der Waals surface area contributed by atoms with Crippen molar-refractivity contribution in [2.45, 2.75) is 18.5 Å². The summed E-state index contributed by atoms with van der Waals surface area (Å²) in [5.41, 5.74) is -0.298. The summed E-state index contributed by atoms with van der Waals surface area (Å²) in [5.74, 6) is -2.42. The van der Waals surface area contributed by atoms with Gasteiger partial charge in [-0.05, 0) is 6.92 Å². The molecule has 6 nitrogen and oxygen atoms in total. The molecule has 0 bridgehead atoms. The first kappa shape index (κ1) is 21.1. The molecule has 0 aromatic heterocycles. The number of methoxy groups -OCH3 is 1. The van der Waals surface area contributed by atoms with Crippen molar-refractivity contribution >= 4 is 17.8 Å². The Kier molecular flexibility index (Phi) is 6.42. The van der Waals surface area contributed by atoms with E-state index >= 15 is 0 Å². The topological polar surface area (TPSA) is 75.7 Å². The first-order valence-corrected chi connectivity index (χ1v) is 8.47. The number of imide groups is 1. The fourth-order valence-corrected chi connectivity index (χ4v) is 3.89. The van der Waals surface area contributed by atoms with Gasteiger partial charge in [0.15, 0.2) is 0 Å². The third-order valence-electron chi connectivity index (χ3n) is 5.22. The zero-order valence-electron chi connectivity index (χ0n) is 15.4. The first-order chi connectivity index (χ1) is 12.4. The van der Waals surface area contributed by atoms with Crippen molar-refractivity contribution in [3.05, 3.63) is 60.2 Å². The van der Waals surface area contributed by atoms with E-state index in [1.165, 1.54) is 14.2 Å². The molecule has 2 aromatic carbocycles. The summed E-state index contributed by atoms with van der Waals surface area (Å²) >= 11 is 0. The quantitative estimate of drug-likeness (QED) is 0.353. The second-order valence-electron chi connectivity index (χ2n) is 6.74. The second-order valence-corrected chi connectivity index (χ2v) is 6.74. The van der Waals surface area contributed by atoms with Crippen molar-refractivity contribution in [2.75, 3.05) is 14.2 Å². The van der Waals surface area contributed by atoms with Gasteiger partial charge in [-0.2, -0.15) is 30.3 Å². The van der Waals surface area contributed by atoms with Crippen molar-refractivity contribution in [1.82, 2.24) is 10.2 Å². The van der Waals surface area contributed by atoms with Gasteiger partial charge in [0.2, 0.25) is 11.8 Å². The fraction of sp³-hybridized carbons (Fsp3) is 0.350. The Morgan fingerprint density at radius 1 is 1.19 bits per heavy atom. The molecule has 4 unspecified atom stereocenters. The molecule has 4 atom stereocenters. The van der Waals surface area contributed by atoms with Crippen LogP contribution in [0.4, 0.5) is 0 Å². The minimum Gasteiger partial charge on any atom is -0.468 e. The summed E-state index contributed by atoms with van der Waals surface area (Å²) in [4.78, 5) is 38.1. The SMILES string of the molecule is COC(=O)C1(C)NC([c-]2cccc2)C2C(=O)N(C)C(=O)C21.[Fe+2].c1cc[cH-]c1. The third kappa shape index (κ3) is 3.50. The van der Waals surface area contributed by atoms with E-state index in [-0.39, 0.29) is 34.9 Å². The molecule has 27 heavy (non-hydrogen) atoms. The molecular formula is C20H22FeN2O4. The third-order valence-corrected chi connectivity index (χ3v) is 5.22. The number of hydrogen-bond donors (Lipinski definition) is 1. The van der Waals surface area contributed by atoms with Gasteiger partial charge >= 0.3 is 23.0 Å². The van der Waals surface area contributed by atoms with Gasteiger partial charge in [0.25, 0.3) is 0 Å². The largest absolute Gasteiger partial charge is 2.00 e. The number of likely N-dealkylation sites (tertiary alicyclic amines) is 1. The summed E-state index contributed by atoms with van der Waals surface area (Å²) in [6.45, 7) is 1.63. The standard InChI is InChI=1S/C15H17N2O4.C5H5.Fe/c1-15(14(20)21-3)10-9(12(18)17(2)13(10)19)11(16-15)8-6-4-5-7-8;1-2-4-5-3-1;/h4-7,9-11,16H,1-3H3;1-5H;/q2*-1;+2.